The molecule has 0 radical (unpaired) electrons. The van der Waals surface area contributed by atoms with Crippen LogP contribution >= 0.6 is 0 Å². The van der Waals surface area contributed by atoms with Gasteiger partial charge in [0, 0.05) is 13.2 Å². The maximum absolute atomic E-state index is 13.1. The lowest BCUT2D eigenvalue weighted by Gasteiger charge is -2.46. The first-order valence-corrected chi connectivity index (χ1v) is 6.06. The second kappa shape index (κ2) is 5.30. The summed E-state index contributed by atoms with van der Waals surface area (Å²) in [7, 11) is 1.65. The highest BCUT2D eigenvalue weighted by atomic mass is 19.1. The Kier molecular flexibility index (Phi) is 3.94. The van der Waals surface area contributed by atoms with Gasteiger partial charge in [0.25, 0.3) is 0 Å². The lowest BCUT2D eigenvalue weighted by molar-refractivity contribution is -0.0982. The molecule has 1 aliphatic rings. The SMILES string of the molecule is COC1(C(Cc2cc(F)cc(F)c2)NN)CCC1. The lowest BCUT2D eigenvalue weighted by Crippen LogP contribution is -2.59. The number of hydrogen-bond donors (Lipinski definition) is 2. The summed E-state index contributed by atoms with van der Waals surface area (Å²) >= 11 is 0. The Morgan fingerprint density at radius 3 is 2.33 bits per heavy atom. The van der Waals surface area contributed by atoms with Crippen LogP contribution in [-0.4, -0.2) is 18.8 Å². The van der Waals surface area contributed by atoms with Gasteiger partial charge in [-0.2, -0.15) is 0 Å². The van der Waals surface area contributed by atoms with Crippen molar-refractivity contribution in [2.24, 2.45) is 5.84 Å². The minimum absolute atomic E-state index is 0.141. The molecule has 0 aliphatic heterocycles. The van der Waals surface area contributed by atoms with Crippen LogP contribution in [0.25, 0.3) is 0 Å². The highest BCUT2D eigenvalue weighted by Crippen LogP contribution is 2.39. The van der Waals surface area contributed by atoms with Crippen LogP contribution in [0.3, 0.4) is 0 Å². The summed E-state index contributed by atoms with van der Waals surface area (Å²) in [6, 6.07) is 3.38. The molecule has 1 unspecified atom stereocenters. The Bertz CT molecular complexity index is 396. The van der Waals surface area contributed by atoms with Gasteiger partial charge in [-0.3, -0.25) is 11.3 Å². The highest BCUT2D eigenvalue weighted by molar-refractivity contribution is 5.20. The standard InChI is InChI=1S/C13H18F2N2O/c1-18-13(3-2-4-13)12(17-16)7-9-5-10(14)8-11(15)6-9/h5-6,8,12,17H,2-4,7,16H2,1H3. The predicted molar refractivity (Wildman–Crippen MR) is 64.8 cm³/mol. The van der Waals surface area contributed by atoms with E-state index in [0.717, 1.165) is 25.3 Å². The van der Waals surface area contributed by atoms with Gasteiger partial charge >= 0.3 is 0 Å². The Morgan fingerprint density at radius 1 is 1.33 bits per heavy atom. The molecule has 0 saturated heterocycles. The smallest absolute Gasteiger partial charge is 0.126 e. The first-order valence-electron chi connectivity index (χ1n) is 6.06. The third-order valence-corrected chi connectivity index (χ3v) is 3.80. The van der Waals surface area contributed by atoms with Crippen molar-refractivity contribution in [3.8, 4) is 0 Å². The summed E-state index contributed by atoms with van der Waals surface area (Å²) in [4.78, 5) is 0. The zero-order valence-electron chi connectivity index (χ0n) is 10.4. The van der Waals surface area contributed by atoms with Gasteiger partial charge in [-0.25, -0.2) is 8.78 Å². The van der Waals surface area contributed by atoms with Crippen molar-refractivity contribution in [2.75, 3.05) is 7.11 Å². The van der Waals surface area contributed by atoms with Gasteiger partial charge in [0.2, 0.25) is 0 Å². The van der Waals surface area contributed by atoms with Crippen LogP contribution in [0, 0.1) is 11.6 Å². The molecule has 0 heterocycles. The van der Waals surface area contributed by atoms with Gasteiger partial charge in [-0.15, -0.1) is 0 Å². The van der Waals surface area contributed by atoms with Crippen molar-refractivity contribution in [1.29, 1.82) is 0 Å². The van der Waals surface area contributed by atoms with E-state index in [2.05, 4.69) is 5.43 Å². The molecular weight excluding hydrogens is 238 g/mol. The average Bonchev–Trinajstić information content (AvgIpc) is 2.25. The normalized spacial score (nSPS) is 19.3. The van der Waals surface area contributed by atoms with Gasteiger partial charge < -0.3 is 4.74 Å². The Hall–Kier alpha value is -1.04. The fraction of sp³-hybridized carbons (Fsp3) is 0.538. The predicted octanol–water partition coefficient (Wildman–Crippen LogP) is 1.91. The molecule has 2 rings (SSSR count). The lowest BCUT2D eigenvalue weighted by atomic mass is 9.73. The minimum atomic E-state index is -0.569. The molecule has 1 aromatic carbocycles. The fourth-order valence-electron chi connectivity index (χ4n) is 2.58. The molecule has 18 heavy (non-hydrogen) atoms. The number of nitrogens with one attached hydrogen (secondary N) is 1. The number of halogens is 2. The molecule has 3 nitrogen and oxygen atoms in total. The number of hydrazine groups is 1. The van der Waals surface area contributed by atoms with Crippen LogP contribution in [0.1, 0.15) is 24.8 Å². The molecule has 1 aromatic rings. The second-order valence-corrected chi connectivity index (χ2v) is 4.82. The van der Waals surface area contributed by atoms with Gasteiger partial charge in [0.1, 0.15) is 11.6 Å². The Labute approximate surface area is 105 Å². The highest BCUT2D eigenvalue weighted by Gasteiger charge is 2.44. The number of hydrogen-bond acceptors (Lipinski definition) is 3. The molecule has 1 atom stereocenters. The molecule has 100 valence electrons. The van der Waals surface area contributed by atoms with Crippen LogP contribution in [0.4, 0.5) is 8.78 Å². The maximum atomic E-state index is 13.1. The first-order chi connectivity index (χ1) is 8.59. The van der Waals surface area contributed by atoms with Crippen molar-refractivity contribution in [3.63, 3.8) is 0 Å². The van der Waals surface area contributed by atoms with E-state index < -0.39 is 11.6 Å². The van der Waals surface area contributed by atoms with Crippen LogP contribution in [0.2, 0.25) is 0 Å². The maximum Gasteiger partial charge on any atom is 0.126 e. The molecule has 0 spiro atoms. The van der Waals surface area contributed by atoms with E-state index in [-0.39, 0.29) is 11.6 Å². The zero-order chi connectivity index (χ0) is 13.2. The summed E-state index contributed by atoms with van der Waals surface area (Å²) < 4.78 is 31.8. The molecule has 5 heteroatoms. The van der Waals surface area contributed by atoms with E-state index in [4.69, 9.17) is 10.6 Å². The van der Waals surface area contributed by atoms with E-state index in [1.807, 2.05) is 0 Å². The first kappa shape index (κ1) is 13.4. The number of methoxy groups -OCH3 is 1. The molecule has 0 aromatic heterocycles. The van der Waals surface area contributed by atoms with E-state index in [1.165, 1.54) is 12.1 Å². The summed E-state index contributed by atoms with van der Waals surface area (Å²) in [5, 5.41) is 0. The largest absolute Gasteiger partial charge is 0.377 e. The monoisotopic (exact) mass is 256 g/mol. The third kappa shape index (κ3) is 2.53. The summed E-state index contributed by atoms with van der Waals surface area (Å²) in [5.74, 6) is 4.41. The van der Waals surface area contributed by atoms with Gasteiger partial charge in [-0.1, -0.05) is 0 Å². The Morgan fingerprint density at radius 2 is 1.94 bits per heavy atom. The van der Waals surface area contributed by atoms with Gasteiger partial charge in [0.05, 0.1) is 11.6 Å². The molecule has 1 saturated carbocycles. The van der Waals surface area contributed by atoms with Crippen molar-refractivity contribution in [3.05, 3.63) is 35.4 Å². The summed E-state index contributed by atoms with van der Waals surface area (Å²) in [5.41, 5.74) is 2.99. The van der Waals surface area contributed by atoms with Gasteiger partial charge in [-0.05, 0) is 43.4 Å². The molecule has 0 bridgehead atoms. The Balaban J connectivity index is 2.15. The van der Waals surface area contributed by atoms with Crippen molar-refractivity contribution >= 4 is 0 Å². The van der Waals surface area contributed by atoms with Gasteiger partial charge in [0.15, 0.2) is 0 Å². The number of ether oxygens (including phenoxy) is 1. The molecule has 0 amide bonds. The number of nitrogens with two attached hydrogens (primary N) is 1. The topological polar surface area (TPSA) is 47.3 Å². The molecule has 1 aliphatic carbocycles. The van der Waals surface area contributed by atoms with E-state index in [1.54, 1.807) is 7.11 Å². The van der Waals surface area contributed by atoms with Crippen LogP contribution in [0.15, 0.2) is 18.2 Å². The van der Waals surface area contributed by atoms with E-state index >= 15 is 0 Å². The number of rotatable bonds is 5. The minimum Gasteiger partial charge on any atom is -0.377 e. The van der Waals surface area contributed by atoms with Crippen LogP contribution in [-0.2, 0) is 11.2 Å². The van der Waals surface area contributed by atoms with Crippen LogP contribution in [0.5, 0.6) is 0 Å². The third-order valence-electron chi connectivity index (χ3n) is 3.80. The van der Waals surface area contributed by atoms with E-state index in [0.29, 0.717) is 12.0 Å². The molecular formula is C13H18F2N2O. The average molecular weight is 256 g/mol. The summed E-state index contributed by atoms with van der Waals surface area (Å²) in [6.07, 6.45) is 3.36. The van der Waals surface area contributed by atoms with Crippen molar-refractivity contribution in [1.82, 2.24) is 5.43 Å². The van der Waals surface area contributed by atoms with Crippen LogP contribution < -0.4 is 11.3 Å². The quantitative estimate of drug-likeness (QED) is 0.625. The second-order valence-electron chi connectivity index (χ2n) is 4.82. The van der Waals surface area contributed by atoms with E-state index in [9.17, 15) is 8.78 Å². The van der Waals surface area contributed by atoms with Crippen molar-refractivity contribution < 1.29 is 13.5 Å². The summed E-state index contributed by atoms with van der Waals surface area (Å²) in [6.45, 7) is 0. The van der Waals surface area contributed by atoms with Crippen molar-refractivity contribution in [2.45, 2.75) is 37.3 Å². The number of benzene rings is 1. The zero-order valence-corrected chi connectivity index (χ0v) is 10.4. The fourth-order valence-corrected chi connectivity index (χ4v) is 2.58. The molecule has 1 fully saturated rings. The molecule has 3 N–H and O–H groups in total.